The molecule has 8 nitrogen and oxygen atoms in total. The molecule has 2 aromatic rings. The van der Waals surface area contributed by atoms with Gasteiger partial charge in [-0.05, 0) is 43.9 Å². The van der Waals surface area contributed by atoms with Gasteiger partial charge in [0.2, 0.25) is 0 Å². The topological polar surface area (TPSA) is 128 Å². The van der Waals surface area contributed by atoms with Gasteiger partial charge in [-0.25, -0.2) is 0 Å². The molecule has 140 valence electrons. The second-order valence-corrected chi connectivity index (χ2v) is 7.32. The minimum absolute atomic E-state index is 0.0962. The number of aromatic amines is 1. The molecule has 0 aliphatic rings. The lowest BCUT2D eigenvalue weighted by Crippen LogP contribution is -2.43. The highest BCUT2D eigenvalue weighted by molar-refractivity contribution is 9.10. The summed E-state index contributed by atoms with van der Waals surface area (Å²) in [4.78, 5) is 24.0. The summed E-state index contributed by atoms with van der Waals surface area (Å²) in [5.74, 6) is -1.44. The minimum atomic E-state index is -1.16. The number of amides is 1. The molecule has 4 N–H and O–H groups in total. The lowest BCUT2D eigenvalue weighted by Gasteiger charge is -2.29. The molecule has 0 saturated carbocycles. The molecule has 1 aromatic heterocycles. The van der Waals surface area contributed by atoms with Gasteiger partial charge in [-0.15, -0.1) is 0 Å². The largest absolute Gasteiger partial charge is 0.481 e. The molecule has 0 saturated heterocycles. The molecule has 0 aliphatic carbocycles. The van der Waals surface area contributed by atoms with Crippen molar-refractivity contribution in [1.29, 1.82) is 0 Å². The molecule has 0 fully saturated rings. The van der Waals surface area contributed by atoms with Crippen LogP contribution in [0, 0.1) is 5.41 Å². The van der Waals surface area contributed by atoms with E-state index in [2.05, 4.69) is 36.7 Å². The van der Waals surface area contributed by atoms with Gasteiger partial charge in [0.05, 0.1) is 11.6 Å². The van der Waals surface area contributed by atoms with Gasteiger partial charge < -0.3 is 15.5 Å². The lowest BCUT2D eigenvalue weighted by atomic mass is 9.79. The molecule has 1 amide bonds. The normalized spacial score (nSPS) is 14.4. The first-order valence-corrected chi connectivity index (χ1v) is 8.88. The highest BCUT2D eigenvalue weighted by atomic mass is 79.9. The zero-order valence-electron chi connectivity index (χ0n) is 14.3. The number of carboxylic acids is 1. The predicted molar refractivity (Wildman–Crippen MR) is 97.5 cm³/mol. The van der Waals surface area contributed by atoms with Crippen LogP contribution in [-0.2, 0) is 11.2 Å². The average Bonchev–Trinajstić information content (AvgIpc) is 3.11. The van der Waals surface area contributed by atoms with E-state index >= 15 is 0 Å². The predicted octanol–water partition coefficient (Wildman–Crippen LogP) is 1.77. The Balaban J connectivity index is 2.20. The van der Waals surface area contributed by atoms with Gasteiger partial charge in [0.25, 0.3) is 5.91 Å². The Kier molecular flexibility index (Phi) is 6.87. The van der Waals surface area contributed by atoms with Crippen molar-refractivity contribution >= 4 is 27.8 Å². The van der Waals surface area contributed by atoms with Crippen molar-refractivity contribution in [2.24, 2.45) is 5.41 Å². The molecule has 2 rings (SSSR count). The molecule has 2 atom stereocenters. The average molecular weight is 425 g/mol. The van der Waals surface area contributed by atoms with Crippen LogP contribution in [0.25, 0.3) is 0 Å². The highest BCUT2D eigenvalue weighted by Crippen LogP contribution is 2.29. The maximum atomic E-state index is 12.3. The first-order chi connectivity index (χ1) is 12.3. The lowest BCUT2D eigenvalue weighted by molar-refractivity contribution is -0.149. The van der Waals surface area contributed by atoms with Crippen LogP contribution in [-0.4, -0.2) is 50.1 Å². The van der Waals surface area contributed by atoms with Crippen LogP contribution in [0.1, 0.15) is 35.8 Å². The maximum absolute atomic E-state index is 12.3. The number of nitrogens with one attached hydrogen (secondary N) is 2. The summed E-state index contributed by atoms with van der Waals surface area (Å²) in [7, 11) is 0. The monoisotopic (exact) mass is 424 g/mol. The standard InChI is InChI=1S/C17H21BrN4O4/c1-17(6-7-23,16(25)26)9-13(8-11-2-4-12(18)5-3-11)20-15(24)14-10-19-22-21-14/h2-5,10,13,23H,6-9H2,1H3,(H,20,24)(H,25,26)(H,19,21,22)/t13-,17-/m1/s1. The van der Waals surface area contributed by atoms with Crippen molar-refractivity contribution in [1.82, 2.24) is 20.7 Å². The first kappa shape index (κ1) is 20.1. The maximum Gasteiger partial charge on any atom is 0.309 e. The number of halogens is 1. The van der Waals surface area contributed by atoms with Gasteiger partial charge in [-0.3, -0.25) is 9.59 Å². The van der Waals surface area contributed by atoms with E-state index in [0.717, 1.165) is 10.0 Å². The third-order valence-electron chi connectivity index (χ3n) is 4.26. The molecule has 9 heteroatoms. The zero-order chi connectivity index (χ0) is 19.2. The van der Waals surface area contributed by atoms with Gasteiger partial charge in [0.1, 0.15) is 0 Å². The number of H-pyrrole nitrogens is 1. The van der Waals surface area contributed by atoms with Crippen molar-refractivity contribution in [2.75, 3.05) is 6.61 Å². The SMILES string of the molecule is C[C@@](CCO)(C[C@@H](Cc1ccc(Br)cc1)NC(=O)c1cn[nH]n1)C(=O)O. The highest BCUT2D eigenvalue weighted by Gasteiger charge is 2.36. The van der Waals surface area contributed by atoms with E-state index in [9.17, 15) is 19.8 Å². The summed E-state index contributed by atoms with van der Waals surface area (Å²) >= 11 is 3.37. The third-order valence-corrected chi connectivity index (χ3v) is 4.78. The van der Waals surface area contributed by atoms with Crippen LogP contribution >= 0.6 is 15.9 Å². The summed E-state index contributed by atoms with van der Waals surface area (Å²) in [6, 6.07) is 7.13. The number of nitrogens with zero attached hydrogens (tertiary/aromatic N) is 2. The van der Waals surface area contributed by atoms with E-state index in [-0.39, 0.29) is 25.1 Å². The Hall–Kier alpha value is -2.26. The molecule has 0 spiro atoms. The molecule has 1 heterocycles. The number of benzene rings is 1. The van der Waals surface area contributed by atoms with Crippen molar-refractivity contribution in [2.45, 2.75) is 32.2 Å². The molecular weight excluding hydrogens is 404 g/mol. The summed E-state index contributed by atoms with van der Waals surface area (Å²) in [5, 5.41) is 31.4. The van der Waals surface area contributed by atoms with Gasteiger partial charge >= 0.3 is 5.97 Å². The van der Waals surface area contributed by atoms with Crippen LogP contribution in [0.2, 0.25) is 0 Å². The van der Waals surface area contributed by atoms with E-state index in [0.29, 0.717) is 6.42 Å². The van der Waals surface area contributed by atoms with E-state index in [1.54, 1.807) is 6.92 Å². The Bertz CT molecular complexity index is 736. The summed E-state index contributed by atoms with van der Waals surface area (Å²) < 4.78 is 0.931. The van der Waals surface area contributed by atoms with E-state index in [1.807, 2.05) is 24.3 Å². The van der Waals surface area contributed by atoms with Crippen LogP contribution in [0.3, 0.4) is 0 Å². The number of carbonyl (C=O) groups is 2. The molecule has 0 unspecified atom stereocenters. The van der Waals surface area contributed by atoms with Gasteiger partial charge in [0, 0.05) is 17.1 Å². The molecule has 1 aromatic carbocycles. The molecule has 0 radical (unpaired) electrons. The fourth-order valence-corrected chi connectivity index (χ4v) is 3.00. The number of hydrogen-bond acceptors (Lipinski definition) is 5. The fraction of sp³-hybridized carbons (Fsp3) is 0.412. The number of aliphatic hydroxyl groups is 1. The van der Waals surface area contributed by atoms with E-state index in [1.165, 1.54) is 6.20 Å². The molecule has 0 aliphatic heterocycles. The van der Waals surface area contributed by atoms with Crippen LogP contribution in [0.15, 0.2) is 34.9 Å². The van der Waals surface area contributed by atoms with Crippen LogP contribution < -0.4 is 5.32 Å². The van der Waals surface area contributed by atoms with Crippen LogP contribution in [0.5, 0.6) is 0 Å². The number of aromatic nitrogens is 3. The van der Waals surface area contributed by atoms with Crippen molar-refractivity contribution in [3.8, 4) is 0 Å². The molecular formula is C17H21BrN4O4. The Morgan fingerprint density at radius 2 is 2.04 bits per heavy atom. The summed E-state index contributed by atoms with van der Waals surface area (Å²) in [6.07, 6.45) is 2.02. The molecule has 26 heavy (non-hydrogen) atoms. The van der Waals surface area contributed by atoms with E-state index < -0.39 is 23.3 Å². The number of carboxylic acid groups (broad SMARTS) is 1. The second-order valence-electron chi connectivity index (χ2n) is 6.40. The smallest absolute Gasteiger partial charge is 0.309 e. The minimum Gasteiger partial charge on any atom is -0.481 e. The number of carbonyl (C=O) groups excluding carboxylic acids is 1. The van der Waals surface area contributed by atoms with Gasteiger partial charge in [-0.1, -0.05) is 28.1 Å². The van der Waals surface area contributed by atoms with Crippen molar-refractivity contribution in [3.05, 3.63) is 46.2 Å². The van der Waals surface area contributed by atoms with Crippen LogP contribution in [0.4, 0.5) is 0 Å². The van der Waals surface area contributed by atoms with Crippen molar-refractivity contribution in [3.63, 3.8) is 0 Å². The Labute approximate surface area is 159 Å². The number of aliphatic hydroxyl groups excluding tert-OH is 1. The Morgan fingerprint density at radius 1 is 1.35 bits per heavy atom. The van der Waals surface area contributed by atoms with Gasteiger partial charge in [0.15, 0.2) is 5.69 Å². The van der Waals surface area contributed by atoms with Gasteiger partial charge in [-0.2, -0.15) is 15.4 Å². The van der Waals surface area contributed by atoms with Crippen molar-refractivity contribution < 1.29 is 19.8 Å². The molecule has 0 bridgehead atoms. The van der Waals surface area contributed by atoms with E-state index in [4.69, 9.17) is 0 Å². The number of hydrogen-bond donors (Lipinski definition) is 4. The fourth-order valence-electron chi connectivity index (χ4n) is 2.74. The third kappa shape index (κ3) is 5.37. The summed E-state index contributed by atoms with van der Waals surface area (Å²) in [6.45, 7) is 1.33. The number of aliphatic carboxylic acids is 1. The zero-order valence-corrected chi connectivity index (χ0v) is 15.9. The first-order valence-electron chi connectivity index (χ1n) is 8.09. The Morgan fingerprint density at radius 3 is 2.58 bits per heavy atom. The second kappa shape index (κ2) is 8.91. The summed E-state index contributed by atoms with van der Waals surface area (Å²) in [5.41, 5.74) is -0.0771. The number of rotatable bonds is 9. The quantitative estimate of drug-likeness (QED) is 0.485.